The van der Waals surface area contributed by atoms with E-state index < -0.39 is 0 Å². The van der Waals surface area contributed by atoms with Crippen LogP contribution < -0.4 is 15.4 Å². The summed E-state index contributed by atoms with van der Waals surface area (Å²) in [5.74, 6) is 0.501. The lowest BCUT2D eigenvalue weighted by molar-refractivity contribution is -0.114. The maximum absolute atomic E-state index is 12.1. The van der Waals surface area contributed by atoms with Gasteiger partial charge in [-0.3, -0.25) is 4.79 Å². The van der Waals surface area contributed by atoms with Crippen molar-refractivity contribution in [3.05, 3.63) is 52.5 Å². The fourth-order valence-corrected chi connectivity index (χ4v) is 3.02. The minimum atomic E-state index is -0.197. The molecule has 1 aliphatic heterocycles. The Kier molecular flexibility index (Phi) is 6.61. The summed E-state index contributed by atoms with van der Waals surface area (Å²) < 4.78 is 11.3. The number of benzene rings is 2. The fraction of sp³-hybridized carbons (Fsp3) is 0.316. The second-order valence-electron chi connectivity index (χ2n) is 5.98. The molecule has 1 unspecified atom stereocenters. The fourth-order valence-electron chi connectivity index (χ4n) is 2.65. The minimum absolute atomic E-state index is 0.0705. The maximum Gasteiger partial charge on any atom is 0.243 e. The van der Waals surface area contributed by atoms with Crippen LogP contribution in [0.3, 0.4) is 0 Å². The van der Waals surface area contributed by atoms with Crippen LogP contribution in [0.15, 0.2) is 42.5 Å². The number of carbonyl (C=O) groups excluding carboxylic acids is 1. The van der Waals surface area contributed by atoms with Crippen molar-refractivity contribution in [2.45, 2.75) is 18.9 Å². The summed E-state index contributed by atoms with van der Waals surface area (Å²) in [6.07, 6.45) is 2.25. The number of hydrogen-bond acceptors (Lipinski definition) is 4. The summed E-state index contributed by atoms with van der Waals surface area (Å²) in [6, 6.07) is 12.5. The van der Waals surface area contributed by atoms with Gasteiger partial charge in [-0.2, -0.15) is 0 Å². The third kappa shape index (κ3) is 5.27. The summed E-state index contributed by atoms with van der Waals surface area (Å²) in [6.45, 7) is 1.39. The van der Waals surface area contributed by atoms with Crippen molar-refractivity contribution in [3.8, 4) is 5.75 Å². The predicted molar refractivity (Wildman–Crippen MR) is 104 cm³/mol. The van der Waals surface area contributed by atoms with E-state index >= 15 is 0 Å². The molecule has 1 saturated heterocycles. The molecule has 2 aromatic rings. The van der Waals surface area contributed by atoms with Crippen LogP contribution in [0.1, 0.15) is 12.8 Å². The van der Waals surface area contributed by atoms with E-state index in [0.29, 0.717) is 33.8 Å². The highest BCUT2D eigenvalue weighted by Gasteiger charge is 2.16. The number of nitrogens with one attached hydrogen (secondary N) is 2. The molecule has 7 heteroatoms. The van der Waals surface area contributed by atoms with Gasteiger partial charge in [-0.05, 0) is 37.1 Å². The molecule has 5 nitrogen and oxygen atoms in total. The molecule has 1 heterocycles. The number of carbonyl (C=O) groups is 1. The number of halogens is 2. The molecule has 1 atom stereocenters. The molecule has 3 rings (SSSR count). The molecule has 0 aromatic heterocycles. The lowest BCUT2D eigenvalue weighted by atomic mass is 10.2. The molecule has 138 valence electrons. The lowest BCUT2D eigenvalue weighted by Crippen LogP contribution is -2.22. The van der Waals surface area contributed by atoms with Crippen LogP contribution in [-0.2, 0) is 9.53 Å². The van der Waals surface area contributed by atoms with Gasteiger partial charge in [0, 0.05) is 18.4 Å². The van der Waals surface area contributed by atoms with E-state index in [4.69, 9.17) is 32.7 Å². The first-order valence-electron chi connectivity index (χ1n) is 8.44. The highest BCUT2D eigenvalue weighted by molar-refractivity contribution is 6.43. The van der Waals surface area contributed by atoms with Gasteiger partial charge in [0.15, 0.2) is 0 Å². The zero-order valence-electron chi connectivity index (χ0n) is 14.1. The molecule has 0 saturated carbocycles. The number of rotatable bonds is 7. The summed E-state index contributed by atoms with van der Waals surface area (Å²) in [4.78, 5) is 12.1. The smallest absolute Gasteiger partial charge is 0.243 e. The van der Waals surface area contributed by atoms with Crippen LogP contribution in [0, 0.1) is 0 Å². The Bertz CT molecular complexity index is 764. The Morgan fingerprint density at radius 1 is 1.23 bits per heavy atom. The van der Waals surface area contributed by atoms with E-state index in [1.807, 2.05) is 18.2 Å². The standard InChI is InChI=1S/C19H20Cl2N2O3/c20-16-7-2-8-17(19(16)21)22-11-18(24)23-13-4-1-5-14(10-13)26-12-15-6-3-9-25-15/h1-2,4-5,7-8,10,15,22H,3,6,9,11-12H2,(H,23,24). The summed E-state index contributed by atoms with van der Waals surface area (Å²) >= 11 is 12.1. The molecule has 0 aliphatic carbocycles. The van der Waals surface area contributed by atoms with E-state index in [1.165, 1.54) is 0 Å². The van der Waals surface area contributed by atoms with Gasteiger partial charge in [0.2, 0.25) is 5.91 Å². The Morgan fingerprint density at radius 2 is 2.08 bits per heavy atom. The maximum atomic E-state index is 12.1. The molecule has 2 aromatic carbocycles. The quantitative estimate of drug-likeness (QED) is 0.719. The zero-order valence-corrected chi connectivity index (χ0v) is 15.6. The Hall–Kier alpha value is -1.95. The van der Waals surface area contributed by atoms with Crippen molar-refractivity contribution in [1.29, 1.82) is 0 Å². The number of ether oxygens (including phenoxy) is 2. The van der Waals surface area contributed by atoms with Crippen molar-refractivity contribution in [2.75, 3.05) is 30.4 Å². The van der Waals surface area contributed by atoms with Crippen LogP contribution in [0.4, 0.5) is 11.4 Å². The zero-order chi connectivity index (χ0) is 18.4. The monoisotopic (exact) mass is 394 g/mol. The molecular weight excluding hydrogens is 375 g/mol. The van der Waals surface area contributed by atoms with E-state index in [0.717, 1.165) is 19.4 Å². The lowest BCUT2D eigenvalue weighted by Gasteiger charge is -2.13. The van der Waals surface area contributed by atoms with Crippen LogP contribution in [0.2, 0.25) is 10.0 Å². The molecular formula is C19H20Cl2N2O3. The van der Waals surface area contributed by atoms with E-state index in [-0.39, 0.29) is 18.6 Å². The van der Waals surface area contributed by atoms with E-state index in [2.05, 4.69) is 10.6 Å². The van der Waals surface area contributed by atoms with Gasteiger partial charge in [0.1, 0.15) is 12.4 Å². The molecule has 1 aliphatic rings. The van der Waals surface area contributed by atoms with Crippen LogP contribution in [-0.4, -0.2) is 31.8 Å². The van der Waals surface area contributed by atoms with Crippen molar-refractivity contribution < 1.29 is 14.3 Å². The van der Waals surface area contributed by atoms with Gasteiger partial charge in [0.05, 0.1) is 28.4 Å². The molecule has 26 heavy (non-hydrogen) atoms. The van der Waals surface area contributed by atoms with Crippen LogP contribution in [0.5, 0.6) is 5.75 Å². The molecule has 2 N–H and O–H groups in total. The normalized spacial score (nSPS) is 16.3. The van der Waals surface area contributed by atoms with Gasteiger partial charge in [-0.25, -0.2) is 0 Å². The van der Waals surface area contributed by atoms with Gasteiger partial charge in [0.25, 0.3) is 0 Å². The van der Waals surface area contributed by atoms with Gasteiger partial charge < -0.3 is 20.1 Å². The second-order valence-corrected chi connectivity index (χ2v) is 6.76. The first kappa shape index (κ1) is 18.8. The average Bonchev–Trinajstić information content (AvgIpc) is 3.15. The first-order valence-corrected chi connectivity index (χ1v) is 9.19. The second kappa shape index (κ2) is 9.12. The summed E-state index contributed by atoms with van der Waals surface area (Å²) in [5.41, 5.74) is 1.28. The largest absolute Gasteiger partial charge is 0.491 e. The topological polar surface area (TPSA) is 59.6 Å². The van der Waals surface area contributed by atoms with Gasteiger partial charge >= 0.3 is 0 Å². The number of anilines is 2. The summed E-state index contributed by atoms with van der Waals surface area (Å²) in [5, 5.41) is 6.63. The summed E-state index contributed by atoms with van der Waals surface area (Å²) in [7, 11) is 0. The molecule has 1 fully saturated rings. The highest BCUT2D eigenvalue weighted by Crippen LogP contribution is 2.29. The molecule has 1 amide bonds. The van der Waals surface area contributed by atoms with Crippen LogP contribution >= 0.6 is 23.2 Å². The van der Waals surface area contributed by atoms with Crippen molar-refractivity contribution in [2.24, 2.45) is 0 Å². The first-order chi connectivity index (χ1) is 12.6. The molecule has 0 spiro atoms. The van der Waals surface area contributed by atoms with Crippen molar-refractivity contribution in [1.82, 2.24) is 0 Å². The Balaban J connectivity index is 1.50. The van der Waals surface area contributed by atoms with E-state index in [1.54, 1.807) is 24.3 Å². The predicted octanol–water partition coefficient (Wildman–Crippen LogP) is 4.60. The minimum Gasteiger partial charge on any atom is -0.491 e. The SMILES string of the molecule is O=C(CNc1cccc(Cl)c1Cl)Nc1cccc(OCC2CCCO2)c1. The van der Waals surface area contributed by atoms with Crippen molar-refractivity contribution in [3.63, 3.8) is 0 Å². The molecule has 0 radical (unpaired) electrons. The van der Waals surface area contributed by atoms with Gasteiger partial charge in [-0.1, -0.05) is 35.3 Å². The number of hydrogen-bond donors (Lipinski definition) is 2. The highest BCUT2D eigenvalue weighted by atomic mass is 35.5. The van der Waals surface area contributed by atoms with E-state index in [9.17, 15) is 4.79 Å². The Morgan fingerprint density at radius 3 is 2.88 bits per heavy atom. The third-order valence-electron chi connectivity index (χ3n) is 3.97. The molecule has 0 bridgehead atoms. The third-order valence-corrected chi connectivity index (χ3v) is 4.79. The van der Waals surface area contributed by atoms with Crippen molar-refractivity contribution >= 4 is 40.5 Å². The average molecular weight is 395 g/mol. The Labute approximate surface area is 162 Å². The number of amides is 1. The van der Waals surface area contributed by atoms with Crippen LogP contribution in [0.25, 0.3) is 0 Å². The van der Waals surface area contributed by atoms with Gasteiger partial charge in [-0.15, -0.1) is 0 Å².